The fourth-order valence-corrected chi connectivity index (χ4v) is 2.18. The lowest BCUT2D eigenvalue weighted by Crippen LogP contribution is -2.40. The van der Waals surface area contributed by atoms with Crippen LogP contribution in [0.25, 0.3) is 11.3 Å². The van der Waals surface area contributed by atoms with Crippen LogP contribution in [0.4, 0.5) is 4.39 Å². The minimum atomic E-state index is -0.597. The van der Waals surface area contributed by atoms with E-state index in [0.29, 0.717) is 11.3 Å². The first-order valence-electron chi connectivity index (χ1n) is 6.20. The molecule has 0 aliphatic rings. The van der Waals surface area contributed by atoms with Crippen LogP contribution in [0.3, 0.4) is 0 Å². The molecule has 0 bridgehead atoms. The largest absolute Gasteiger partial charge is 0.346 e. The molecular formula is C14H14Cl2FN3O. The van der Waals surface area contributed by atoms with Gasteiger partial charge in [0.05, 0.1) is 15.7 Å². The molecule has 2 N–H and O–H groups in total. The maximum absolute atomic E-state index is 13.5. The summed E-state index contributed by atoms with van der Waals surface area (Å²) in [7, 11) is 0. The predicted molar refractivity (Wildman–Crippen MR) is 81.2 cm³/mol. The number of nitrogens with one attached hydrogen (secondary N) is 2. The summed E-state index contributed by atoms with van der Waals surface area (Å²) in [5.74, 6) is -0.897. The molecule has 1 aromatic carbocycles. The van der Waals surface area contributed by atoms with E-state index in [4.69, 9.17) is 23.2 Å². The Balaban J connectivity index is 2.32. The van der Waals surface area contributed by atoms with Crippen LogP contribution in [-0.2, 0) is 0 Å². The summed E-state index contributed by atoms with van der Waals surface area (Å²) < 4.78 is 13.5. The number of nitrogens with zero attached hydrogens (tertiary/aromatic N) is 1. The number of carbonyl (C=O) groups is 1. The first-order valence-corrected chi connectivity index (χ1v) is 6.96. The number of carbonyl (C=O) groups excluding carboxylic acids is 1. The average Bonchev–Trinajstić information content (AvgIpc) is 2.81. The van der Waals surface area contributed by atoms with Crippen molar-refractivity contribution in [2.75, 3.05) is 0 Å². The number of rotatable bonds is 2. The lowest BCUT2D eigenvalue weighted by atomic mass is 10.1. The lowest BCUT2D eigenvalue weighted by Gasteiger charge is -2.19. The molecule has 1 heterocycles. The van der Waals surface area contributed by atoms with E-state index < -0.39 is 5.82 Å². The van der Waals surface area contributed by atoms with E-state index in [1.54, 1.807) is 0 Å². The summed E-state index contributed by atoms with van der Waals surface area (Å²) in [5.41, 5.74) is 0.637. The minimum Gasteiger partial charge on any atom is -0.346 e. The monoisotopic (exact) mass is 329 g/mol. The summed E-state index contributed by atoms with van der Waals surface area (Å²) in [6, 6.07) is 4.00. The van der Waals surface area contributed by atoms with Crippen LogP contribution >= 0.6 is 23.2 Å². The summed E-state index contributed by atoms with van der Waals surface area (Å²) in [5, 5.41) is 9.59. The standard InChI is InChI=1S/C14H14Cl2FN3O/c1-14(2,3)18-13(21)12-6-11(19-20-12)7-4-10(17)9(16)5-8(7)15/h4-6H,1-3H3,(H,18,21)(H,19,20). The third-order valence-electron chi connectivity index (χ3n) is 2.60. The zero-order chi connectivity index (χ0) is 15.8. The van der Waals surface area contributed by atoms with E-state index in [0.717, 1.165) is 0 Å². The normalized spacial score (nSPS) is 11.5. The zero-order valence-electron chi connectivity index (χ0n) is 11.7. The second-order valence-electron chi connectivity index (χ2n) is 5.62. The fourth-order valence-electron chi connectivity index (χ4n) is 1.70. The van der Waals surface area contributed by atoms with Crippen LogP contribution in [0.15, 0.2) is 18.2 Å². The number of halogens is 3. The summed E-state index contributed by atoms with van der Waals surface area (Å²) in [6.45, 7) is 5.61. The van der Waals surface area contributed by atoms with Crippen LogP contribution in [0, 0.1) is 5.82 Å². The number of benzene rings is 1. The molecule has 0 saturated heterocycles. The van der Waals surface area contributed by atoms with E-state index in [9.17, 15) is 9.18 Å². The molecule has 0 radical (unpaired) electrons. The zero-order valence-corrected chi connectivity index (χ0v) is 13.2. The Kier molecular flexibility index (Phi) is 4.25. The van der Waals surface area contributed by atoms with E-state index >= 15 is 0 Å². The second-order valence-corrected chi connectivity index (χ2v) is 6.43. The summed E-state index contributed by atoms with van der Waals surface area (Å²) in [4.78, 5) is 12.0. The van der Waals surface area contributed by atoms with E-state index in [1.165, 1.54) is 18.2 Å². The molecule has 4 nitrogen and oxygen atoms in total. The smallest absolute Gasteiger partial charge is 0.269 e. The molecule has 0 aliphatic heterocycles. The van der Waals surface area contributed by atoms with Crippen LogP contribution < -0.4 is 5.32 Å². The van der Waals surface area contributed by atoms with Crippen LogP contribution in [-0.4, -0.2) is 21.6 Å². The Morgan fingerprint density at radius 1 is 1.24 bits per heavy atom. The van der Waals surface area contributed by atoms with Gasteiger partial charge in [-0.05, 0) is 39.0 Å². The Morgan fingerprint density at radius 2 is 1.90 bits per heavy atom. The van der Waals surface area contributed by atoms with Crippen molar-refractivity contribution in [3.05, 3.63) is 39.8 Å². The van der Waals surface area contributed by atoms with Gasteiger partial charge in [0.25, 0.3) is 5.91 Å². The SMILES string of the molecule is CC(C)(C)NC(=O)c1cc(-c2cc(F)c(Cl)cc2Cl)n[nH]1. The highest BCUT2D eigenvalue weighted by Gasteiger charge is 2.19. The van der Waals surface area contributed by atoms with Crippen molar-refractivity contribution in [1.29, 1.82) is 0 Å². The number of amides is 1. The number of aromatic amines is 1. The van der Waals surface area contributed by atoms with Gasteiger partial charge in [0.15, 0.2) is 0 Å². The Hall–Kier alpha value is -1.59. The Bertz CT molecular complexity index is 692. The van der Waals surface area contributed by atoms with Gasteiger partial charge in [-0.25, -0.2) is 4.39 Å². The van der Waals surface area contributed by atoms with E-state index in [2.05, 4.69) is 15.5 Å². The molecule has 2 aromatic rings. The van der Waals surface area contributed by atoms with Gasteiger partial charge < -0.3 is 5.32 Å². The topological polar surface area (TPSA) is 57.8 Å². The van der Waals surface area contributed by atoms with Gasteiger partial charge in [-0.1, -0.05) is 23.2 Å². The Morgan fingerprint density at radius 3 is 2.52 bits per heavy atom. The minimum absolute atomic E-state index is 0.0648. The van der Waals surface area contributed by atoms with Crippen molar-refractivity contribution in [2.45, 2.75) is 26.3 Å². The third kappa shape index (κ3) is 3.74. The molecule has 0 saturated carbocycles. The van der Waals surface area contributed by atoms with Crippen molar-refractivity contribution >= 4 is 29.1 Å². The first kappa shape index (κ1) is 15.8. The molecule has 0 spiro atoms. The van der Waals surface area contributed by atoms with E-state index in [-0.39, 0.29) is 27.2 Å². The summed E-state index contributed by atoms with van der Waals surface area (Å²) >= 11 is 11.7. The molecule has 0 atom stereocenters. The number of hydrogen-bond acceptors (Lipinski definition) is 2. The molecular weight excluding hydrogens is 316 g/mol. The molecule has 112 valence electrons. The van der Waals surface area contributed by atoms with Gasteiger partial charge >= 0.3 is 0 Å². The highest BCUT2D eigenvalue weighted by Crippen LogP contribution is 2.31. The van der Waals surface area contributed by atoms with Crippen LogP contribution in [0.5, 0.6) is 0 Å². The highest BCUT2D eigenvalue weighted by atomic mass is 35.5. The molecule has 0 aliphatic carbocycles. The quantitative estimate of drug-likeness (QED) is 0.816. The van der Waals surface area contributed by atoms with Gasteiger partial charge in [0.2, 0.25) is 0 Å². The lowest BCUT2D eigenvalue weighted by molar-refractivity contribution is 0.0914. The molecule has 2 rings (SSSR count). The number of H-pyrrole nitrogens is 1. The third-order valence-corrected chi connectivity index (χ3v) is 3.20. The van der Waals surface area contributed by atoms with Crippen molar-refractivity contribution < 1.29 is 9.18 Å². The summed E-state index contributed by atoms with van der Waals surface area (Å²) in [6.07, 6.45) is 0. The van der Waals surface area contributed by atoms with Gasteiger partial charge in [-0.2, -0.15) is 5.10 Å². The maximum Gasteiger partial charge on any atom is 0.269 e. The van der Waals surface area contributed by atoms with Crippen molar-refractivity contribution in [3.63, 3.8) is 0 Å². The van der Waals surface area contributed by atoms with Crippen molar-refractivity contribution in [3.8, 4) is 11.3 Å². The predicted octanol–water partition coefficient (Wildman–Crippen LogP) is 4.05. The van der Waals surface area contributed by atoms with Gasteiger partial charge in [-0.15, -0.1) is 0 Å². The van der Waals surface area contributed by atoms with Crippen LogP contribution in [0.2, 0.25) is 10.0 Å². The molecule has 0 unspecified atom stereocenters. The fraction of sp³-hybridized carbons (Fsp3) is 0.286. The molecule has 1 amide bonds. The number of aromatic nitrogens is 2. The molecule has 1 aromatic heterocycles. The maximum atomic E-state index is 13.5. The second kappa shape index (κ2) is 5.66. The van der Waals surface area contributed by atoms with Crippen molar-refractivity contribution in [1.82, 2.24) is 15.5 Å². The molecule has 21 heavy (non-hydrogen) atoms. The first-order chi connectivity index (χ1) is 9.67. The van der Waals surface area contributed by atoms with Gasteiger partial charge in [0, 0.05) is 11.1 Å². The molecule has 7 heteroatoms. The Labute approximate surface area is 131 Å². The average molecular weight is 330 g/mol. The highest BCUT2D eigenvalue weighted by molar-refractivity contribution is 6.36. The van der Waals surface area contributed by atoms with Crippen molar-refractivity contribution in [2.24, 2.45) is 0 Å². The number of hydrogen-bond donors (Lipinski definition) is 2. The van der Waals surface area contributed by atoms with Crippen LogP contribution in [0.1, 0.15) is 31.3 Å². The van der Waals surface area contributed by atoms with Gasteiger partial charge in [-0.3, -0.25) is 9.89 Å². The van der Waals surface area contributed by atoms with E-state index in [1.807, 2.05) is 20.8 Å². The van der Waals surface area contributed by atoms with Gasteiger partial charge in [0.1, 0.15) is 11.5 Å². The molecule has 0 fully saturated rings.